The molecule has 10 aromatic rings. The van der Waals surface area contributed by atoms with Crippen LogP contribution in [0, 0.1) is 0 Å². The molecule has 0 aliphatic heterocycles. The van der Waals surface area contributed by atoms with Gasteiger partial charge in [0.2, 0.25) is 0 Å². The monoisotopic (exact) mass is 655 g/mol. The van der Waals surface area contributed by atoms with Gasteiger partial charge in [-0.2, -0.15) is 0 Å². The fourth-order valence-corrected chi connectivity index (χ4v) is 6.28. The summed E-state index contributed by atoms with van der Waals surface area (Å²) in [6.45, 7) is 0. The average molecular weight is 656 g/mol. The van der Waals surface area contributed by atoms with Gasteiger partial charge in [-0.1, -0.05) is 133 Å². The van der Waals surface area contributed by atoms with Crippen molar-refractivity contribution in [2.24, 2.45) is 0 Å². The predicted octanol–water partition coefficient (Wildman–Crippen LogP) is 11.1. The van der Waals surface area contributed by atoms with Crippen molar-refractivity contribution < 1.29 is 21.9 Å². The summed E-state index contributed by atoms with van der Waals surface area (Å²) in [4.78, 5) is 14.6. The van der Waals surface area contributed by atoms with Crippen molar-refractivity contribution in [1.82, 2.24) is 24.1 Å². The Bertz CT molecular complexity index is 3390. The molecule has 5 nitrogen and oxygen atoms in total. The Balaban J connectivity index is 1.45. The summed E-state index contributed by atoms with van der Waals surface area (Å²) in [5.74, 6) is 0.512. The maximum absolute atomic E-state index is 9.23. The first kappa shape index (κ1) is 16.5. The van der Waals surface area contributed by atoms with Gasteiger partial charge in [-0.05, 0) is 42.4 Å². The molecule has 0 aliphatic rings. The Morgan fingerprint density at radius 3 is 1.04 bits per heavy atom. The molecule has 0 amide bonds. The average Bonchev–Trinajstić information content (AvgIpc) is 3.90. The second kappa shape index (κ2) is 11.4. The highest BCUT2D eigenvalue weighted by Gasteiger charge is 2.19. The molecular formula is C45H29N5. The van der Waals surface area contributed by atoms with Crippen LogP contribution < -0.4 is 0 Å². The molecule has 0 atom stereocenters. The molecule has 0 aliphatic carbocycles. The third kappa shape index (κ3) is 4.52. The van der Waals surface area contributed by atoms with E-state index in [1.165, 1.54) is 27.3 Å². The fourth-order valence-electron chi connectivity index (χ4n) is 6.28. The van der Waals surface area contributed by atoms with E-state index in [1.54, 1.807) is 48.5 Å². The molecule has 234 valence electrons. The van der Waals surface area contributed by atoms with E-state index in [-0.39, 0.29) is 78.0 Å². The van der Waals surface area contributed by atoms with Gasteiger partial charge >= 0.3 is 0 Å². The van der Waals surface area contributed by atoms with Gasteiger partial charge in [-0.15, -0.1) is 0 Å². The number of benzene rings is 7. The second-order valence-electron chi connectivity index (χ2n) is 11.3. The molecule has 3 heterocycles. The Hall–Kier alpha value is -6.85. The third-order valence-corrected chi connectivity index (χ3v) is 8.44. The van der Waals surface area contributed by atoms with Crippen molar-refractivity contribution in [2.45, 2.75) is 0 Å². The zero-order chi connectivity index (χ0) is 46.9. The molecule has 50 heavy (non-hydrogen) atoms. The zero-order valence-electron chi connectivity index (χ0n) is 41.7. The molecule has 0 saturated heterocycles. The largest absolute Gasteiger partial charge is 0.309 e. The number of fused-ring (bicyclic) bond motifs is 6. The van der Waals surface area contributed by atoms with Gasteiger partial charge in [0.15, 0.2) is 17.5 Å². The highest BCUT2D eigenvalue weighted by molar-refractivity contribution is 6.10. The summed E-state index contributed by atoms with van der Waals surface area (Å²) in [6.07, 6.45) is 0. The summed E-state index contributed by atoms with van der Waals surface area (Å²) in [5, 5.41) is -0.804. The summed E-state index contributed by atoms with van der Waals surface area (Å²) >= 11 is 0. The van der Waals surface area contributed by atoms with Gasteiger partial charge in [-0.3, -0.25) is 0 Å². The van der Waals surface area contributed by atoms with Gasteiger partial charge < -0.3 is 9.13 Å². The summed E-state index contributed by atoms with van der Waals surface area (Å²) in [6, 6.07) is 12.8. The van der Waals surface area contributed by atoms with Crippen LogP contribution in [0.15, 0.2) is 176 Å². The van der Waals surface area contributed by atoms with Crippen LogP contribution in [0.3, 0.4) is 0 Å². The highest BCUT2D eigenvalue weighted by Crippen LogP contribution is 2.37. The molecule has 5 heteroatoms. The minimum absolute atomic E-state index is 0.00262. The minimum Gasteiger partial charge on any atom is -0.309 e. The van der Waals surface area contributed by atoms with Crippen LogP contribution in [0.2, 0.25) is 0 Å². The lowest BCUT2D eigenvalue weighted by Gasteiger charge is -2.16. The van der Waals surface area contributed by atoms with Crippen molar-refractivity contribution in [3.8, 4) is 45.5 Å². The van der Waals surface area contributed by atoms with Crippen molar-refractivity contribution in [3.05, 3.63) is 176 Å². The molecule has 0 fully saturated rings. The number of nitrogens with zero attached hydrogens (tertiary/aromatic N) is 5. The summed E-state index contributed by atoms with van der Waals surface area (Å²) in [7, 11) is 0. The lowest BCUT2D eigenvalue weighted by Crippen LogP contribution is -2.03. The second-order valence-corrected chi connectivity index (χ2v) is 11.3. The van der Waals surface area contributed by atoms with E-state index in [4.69, 9.17) is 31.4 Å². The van der Waals surface area contributed by atoms with Crippen molar-refractivity contribution in [3.63, 3.8) is 0 Å². The Labute approximate surface area is 310 Å². The Kier molecular flexibility index (Phi) is 3.76. The van der Waals surface area contributed by atoms with Crippen molar-refractivity contribution in [1.29, 1.82) is 0 Å². The van der Waals surface area contributed by atoms with E-state index >= 15 is 0 Å². The molecule has 0 saturated carbocycles. The number of aromatic nitrogens is 5. The Morgan fingerprint density at radius 2 is 0.680 bits per heavy atom. The molecule has 10 rings (SSSR count). The predicted molar refractivity (Wildman–Crippen MR) is 205 cm³/mol. The summed E-state index contributed by atoms with van der Waals surface area (Å²) < 4.78 is 145. The van der Waals surface area contributed by atoms with E-state index in [0.29, 0.717) is 11.1 Å². The quantitative estimate of drug-likeness (QED) is 0.185. The zero-order valence-corrected chi connectivity index (χ0v) is 25.7. The van der Waals surface area contributed by atoms with E-state index in [9.17, 15) is 5.48 Å². The number of rotatable bonds is 5. The molecular weight excluding hydrogens is 611 g/mol. The van der Waals surface area contributed by atoms with Crippen LogP contribution in [0.5, 0.6) is 0 Å². The van der Waals surface area contributed by atoms with Crippen LogP contribution in [0.25, 0.3) is 89.2 Å². The molecule has 0 radical (unpaired) electrons. The molecule has 0 N–H and O–H groups in total. The summed E-state index contributed by atoms with van der Waals surface area (Å²) in [5.41, 5.74) is 0.495. The minimum atomic E-state index is -0.657. The first-order chi connectivity index (χ1) is 31.4. The molecule has 7 aromatic carbocycles. The van der Waals surface area contributed by atoms with Crippen LogP contribution in [0.4, 0.5) is 0 Å². The van der Waals surface area contributed by atoms with E-state index in [0.717, 1.165) is 0 Å². The molecule has 0 spiro atoms. The standard InChI is InChI=1S/C45H29N5/c1-3-15-30(16-4-1)43-46-44(31-17-5-2-6-18-31)48-45(47-43)32-27-33(49-39-23-11-7-19-35(39)36-20-8-12-24-40(36)49)29-34(28-32)50-41-25-13-9-21-37(41)38-22-10-14-26-42(38)50/h1-29H/i7D,8D,9D,10D,11D,12D,13D,14D,19D,20D,21D,22D,23D,24D,25D,26D. The van der Waals surface area contributed by atoms with Crippen molar-refractivity contribution >= 4 is 43.6 Å². The molecule has 3 aromatic heterocycles. The maximum Gasteiger partial charge on any atom is 0.164 e. The van der Waals surface area contributed by atoms with Crippen molar-refractivity contribution in [2.75, 3.05) is 0 Å². The van der Waals surface area contributed by atoms with Crippen LogP contribution >= 0.6 is 0 Å². The topological polar surface area (TPSA) is 48.5 Å². The highest BCUT2D eigenvalue weighted by atomic mass is 15.0. The lowest BCUT2D eigenvalue weighted by molar-refractivity contribution is 1.07. The lowest BCUT2D eigenvalue weighted by atomic mass is 10.1. The van der Waals surface area contributed by atoms with Crippen LogP contribution in [-0.4, -0.2) is 24.1 Å². The first-order valence-electron chi connectivity index (χ1n) is 23.5. The maximum atomic E-state index is 9.23. The normalized spacial score (nSPS) is 16.1. The van der Waals surface area contributed by atoms with Gasteiger partial charge in [0.1, 0.15) is 0 Å². The van der Waals surface area contributed by atoms with Gasteiger partial charge in [0.05, 0.1) is 44.0 Å². The Morgan fingerprint density at radius 1 is 0.360 bits per heavy atom. The number of hydrogen-bond acceptors (Lipinski definition) is 3. The number of hydrogen-bond donors (Lipinski definition) is 0. The van der Waals surface area contributed by atoms with Gasteiger partial charge in [0.25, 0.3) is 0 Å². The molecule has 0 bridgehead atoms. The van der Waals surface area contributed by atoms with Crippen LogP contribution in [0.1, 0.15) is 21.9 Å². The molecule has 0 unspecified atom stereocenters. The van der Waals surface area contributed by atoms with E-state index in [2.05, 4.69) is 0 Å². The third-order valence-electron chi connectivity index (χ3n) is 8.44. The smallest absolute Gasteiger partial charge is 0.164 e. The SMILES string of the molecule is [2H]c1c([2H])c([2H])c2c(c1[2H])c1c([2H])c([2H])c([2H])c([2H])c1n2-c1cc(-c2nc(-c3ccccc3)nc(-c3ccccc3)n2)cc(-n2c3c([2H])c([2H])c([2H])c([2H])c3c3c([2H])c([2H])c([2H])c([2H])c32)c1. The van der Waals surface area contributed by atoms with Gasteiger partial charge in [0, 0.05) is 49.6 Å². The van der Waals surface area contributed by atoms with E-state index < -0.39 is 96.7 Å². The van der Waals surface area contributed by atoms with Gasteiger partial charge in [-0.25, -0.2) is 15.0 Å². The van der Waals surface area contributed by atoms with E-state index in [1.807, 2.05) is 12.1 Å². The number of para-hydroxylation sites is 4. The first-order valence-corrected chi connectivity index (χ1v) is 15.5. The van der Waals surface area contributed by atoms with Crippen LogP contribution in [-0.2, 0) is 0 Å². The fraction of sp³-hybridized carbons (Fsp3) is 0.